The molecule has 1 N–H and O–H groups in total. The van der Waals surface area contributed by atoms with Crippen molar-refractivity contribution in [3.8, 4) is 0 Å². The number of fused-ring (bicyclic) bond motifs is 3. The van der Waals surface area contributed by atoms with Crippen molar-refractivity contribution in [2.24, 2.45) is 5.92 Å². The van der Waals surface area contributed by atoms with Crippen molar-refractivity contribution in [1.82, 2.24) is 14.8 Å². The van der Waals surface area contributed by atoms with E-state index in [-0.39, 0.29) is 17.9 Å². The fourth-order valence-electron chi connectivity index (χ4n) is 4.65. The second kappa shape index (κ2) is 7.26. The van der Waals surface area contributed by atoms with E-state index in [0.717, 1.165) is 30.2 Å². The number of rotatable bonds is 5. The fraction of sp³-hybridized carbons (Fsp3) is 0.565. The lowest BCUT2D eigenvalue weighted by molar-refractivity contribution is -0.133. The Labute approximate surface area is 167 Å². The van der Waals surface area contributed by atoms with Crippen LogP contribution in [0.15, 0.2) is 30.3 Å². The molecule has 2 aromatic rings. The van der Waals surface area contributed by atoms with Gasteiger partial charge >= 0.3 is 0 Å². The van der Waals surface area contributed by atoms with Gasteiger partial charge in [-0.1, -0.05) is 44.9 Å². The van der Waals surface area contributed by atoms with Crippen molar-refractivity contribution < 1.29 is 9.59 Å². The molecule has 0 radical (unpaired) electrons. The van der Waals surface area contributed by atoms with Crippen LogP contribution in [0.4, 0.5) is 0 Å². The molecule has 1 aromatic carbocycles. The second-order valence-electron chi connectivity index (χ2n) is 9.04. The standard InChI is InChI=1S/C23H31N3O2/c1-16(2)12-13-26-21(27)20-14-17-8-4-7-11-19(17)25(20)15-23(26,3)22(28)24-18-9-5-6-10-18/h4,7-8,11,14,16,18H,5-6,9-10,12-13,15H2,1-3H3,(H,24,28). The Morgan fingerprint density at radius 1 is 1.25 bits per heavy atom. The number of hydrogen-bond acceptors (Lipinski definition) is 2. The van der Waals surface area contributed by atoms with Crippen LogP contribution in [0.5, 0.6) is 0 Å². The van der Waals surface area contributed by atoms with E-state index >= 15 is 0 Å². The lowest BCUT2D eigenvalue weighted by Crippen LogP contribution is -2.65. The van der Waals surface area contributed by atoms with Crippen molar-refractivity contribution in [2.75, 3.05) is 6.54 Å². The Bertz CT molecular complexity index is 894. The van der Waals surface area contributed by atoms with Gasteiger partial charge < -0.3 is 14.8 Å². The molecule has 150 valence electrons. The van der Waals surface area contributed by atoms with E-state index in [0.29, 0.717) is 24.7 Å². The van der Waals surface area contributed by atoms with Crippen LogP contribution >= 0.6 is 0 Å². The Hall–Kier alpha value is -2.30. The number of hydrogen-bond donors (Lipinski definition) is 1. The largest absolute Gasteiger partial charge is 0.351 e. The molecule has 1 aromatic heterocycles. The molecule has 1 aliphatic heterocycles. The van der Waals surface area contributed by atoms with E-state index in [1.165, 1.54) is 12.8 Å². The van der Waals surface area contributed by atoms with Crippen molar-refractivity contribution in [2.45, 2.75) is 71.0 Å². The Kier molecular flexibility index (Phi) is 4.94. The van der Waals surface area contributed by atoms with Gasteiger partial charge in [0.1, 0.15) is 11.2 Å². The highest BCUT2D eigenvalue weighted by atomic mass is 16.2. The maximum atomic E-state index is 13.5. The zero-order valence-corrected chi connectivity index (χ0v) is 17.2. The van der Waals surface area contributed by atoms with Crippen LogP contribution in [-0.2, 0) is 11.3 Å². The van der Waals surface area contributed by atoms with Crippen molar-refractivity contribution >= 4 is 22.7 Å². The zero-order valence-electron chi connectivity index (χ0n) is 17.2. The van der Waals surface area contributed by atoms with Crippen molar-refractivity contribution in [3.05, 3.63) is 36.0 Å². The maximum Gasteiger partial charge on any atom is 0.271 e. The number of benzene rings is 1. The summed E-state index contributed by atoms with van der Waals surface area (Å²) in [5.74, 6) is 0.426. The summed E-state index contributed by atoms with van der Waals surface area (Å²) >= 11 is 0. The van der Waals surface area contributed by atoms with Gasteiger partial charge in [0.15, 0.2) is 0 Å². The molecule has 2 aliphatic rings. The molecular weight excluding hydrogens is 350 g/mol. The highest BCUT2D eigenvalue weighted by Crippen LogP contribution is 2.33. The summed E-state index contributed by atoms with van der Waals surface area (Å²) in [6, 6.07) is 10.2. The molecule has 28 heavy (non-hydrogen) atoms. The van der Waals surface area contributed by atoms with Gasteiger partial charge in [0.2, 0.25) is 5.91 Å². The minimum Gasteiger partial charge on any atom is -0.351 e. The van der Waals surface area contributed by atoms with Gasteiger partial charge in [-0.05, 0) is 44.2 Å². The maximum absolute atomic E-state index is 13.5. The molecule has 2 heterocycles. The summed E-state index contributed by atoms with van der Waals surface area (Å²) < 4.78 is 2.04. The monoisotopic (exact) mass is 381 g/mol. The zero-order chi connectivity index (χ0) is 19.9. The highest BCUT2D eigenvalue weighted by Gasteiger charge is 2.47. The summed E-state index contributed by atoms with van der Waals surface area (Å²) in [4.78, 5) is 28.7. The van der Waals surface area contributed by atoms with Gasteiger partial charge in [0, 0.05) is 23.5 Å². The van der Waals surface area contributed by atoms with Crippen LogP contribution in [0.25, 0.3) is 10.9 Å². The molecule has 5 nitrogen and oxygen atoms in total. The number of nitrogens with one attached hydrogen (secondary N) is 1. The second-order valence-corrected chi connectivity index (χ2v) is 9.04. The molecule has 1 unspecified atom stereocenters. The Balaban J connectivity index is 1.72. The van der Waals surface area contributed by atoms with Crippen LogP contribution in [0.1, 0.15) is 63.4 Å². The first-order valence-corrected chi connectivity index (χ1v) is 10.6. The van der Waals surface area contributed by atoms with Gasteiger partial charge in [-0.2, -0.15) is 0 Å². The quantitative estimate of drug-likeness (QED) is 0.852. The molecule has 0 spiro atoms. The van der Waals surface area contributed by atoms with Crippen LogP contribution < -0.4 is 5.32 Å². The van der Waals surface area contributed by atoms with Gasteiger partial charge in [0.05, 0.1) is 6.54 Å². The predicted molar refractivity (Wildman–Crippen MR) is 111 cm³/mol. The summed E-state index contributed by atoms with van der Waals surface area (Å²) in [5.41, 5.74) is 0.842. The molecule has 1 aliphatic carbocycles. The van der Waals surface area contributed by atoms with Gasteiger partial charge in [-0.25, -0.2) is 0 Å². The average molecular weight is 382 g/mol. The topological polar surface area (TPSA) is 54.3 Å². The minimum atomic E-state index is -0.872. The molecule has 0 bridgehead atoms. The summed E-state index contributed by atoms with van der Waals surface area (Å²) in [5, 5.41) is 4.30. The van der Waals surface area contributed by atoms with Crippen LogP contribution in [-0.4, -0.2) is 39.4 Å². The van der Waals surface area contributed by atoms with Crippen molar-refractivity contribution in [1.29, 1.82) is 0 Å². The number of carbonyl (C=O) groups excluding carboxylic acids is 2. The van der Waals surface area contributed by atoms with Crippen molar-refractivity contribution in [3.63, 3.8) is 0 Å². The van der Waals surface area contributed by atoms with E-state index < -0.39 is 5.54 Å². The first kappa shape index (κ1) is 19.0. The molecule has 5 heteroatoms. The van der Waals surface area contributed by atoms with Crippen LogP contribution in [0.2, 0.25) is 0 Å². The molecule has 1 fully saturated rings. The van der Waals surface area contributed by atoms with Crippen LogP contribution in [0.3, 0.4) is 0 Å². The predicted octanol–water partition coefficient (Wildman–Crippen LogP) is 3.96. The minimum absolute atomic E-state index is 0.0139. The lowest BCUT2D eigenvalue weighted by Gasteiger charge is -2.44. The first-order chi connectivity index (χ1) is 13.4. The van der Waals surface area contributed by atoms with Gasteiger partial charge in [-0.15, -0.1) is 0 Å². The SMILES string of the molecule is CC(C)CCN1C(=O)c2cc3ccccc3n2CC1(C)C(=O)NC1CCCC1. The molecular formula is C23H31N3O2. The number of carbonyl (C=O) groups is 2. The highest BCUT2D eigenvalue weighted by molar-refractivity contribution is 6.03. The molecule has 0 saturated heterocycles. The third kappa shape index (κ3) is 3.21. The van der Waals surface area contributed by atoms with Gasteiger partial charge in [-0.3, -0.25) is 9.59 Å². The summed E-state index contributed by atoms with van der Waals surface area (Å²) in [7, 11) is 0. The number of aromatic nitrogens is 1. The molecule has 1 atom stereocenters. The van der Waals surface area contributed by atoms with E-state index in [1.54, 1.807) is 0 Å². The Morgan fingerprint density at radius 3 is 2.68 bits per heavy atom. The molecule has 4 rings (SSSR count). The van der Waals surface area contributed by atoms with E-state index in [2.05, 4.69) is 19.2 Å². The normalized spacial score (nSPS) is 22.9. The van der Waals surface area contributed by atoms with E-state index in [1.807, 2.05) is 46.7 Å². The number of nitrogens with zero attached hydrogens (tertiary/aromatic N) is 2. The first-order valence-electron chi connectivity index (χ1n) is 10.6. The summed E-state index contributed by atoms with van der Waals surface area (Å²) in [6.45, 7) is 7.35. The average Bonchev–Trinajstić information content (AvgIpc) is 3.29. The van der Waals surface area contributed by atoms with E-state index in [9.17, 15) is 9.59 Å². The van der Waals surface area contributed by atoms with Crippen LogP contribution in [0, 0.1) is 5.92 Å². The molecule has 1 saturated carbocycles. The van der Waals surface area contributed by atoms with E-state index in [4.69, 9.17) is 0 Å². The fourth-order valence-corrected chi connectivity index (χ4v) is 4.65. The smallest absolute Gasteiger partial charge is 0.271 e. The lowest BCUT2D eigenvalue weighted by atomic mass is 9.93. The third-order valence-corrected chi connectivity index (χ3v) is 6.45. The van der Waals surface area contributed by atoms with Gasteiger partial charge in [0.25, 0.3) is 5.91 Å². The number of amides is 2. The third-order valence-electron chi connectivity index (χ3n) is 6.45. The Morgan fingerprint density at radius 2 is 1.96 bits per heavy atom. The molecule has 2 amide bonds. The summed E-state index contributed by atoms with van der Waals surface area (Å²) in [6.07, 6.45) is 5.31. The number of para-hydroxylation sites is 1.